The lowest BCUT2D eigenvalue weighted by molar-refractivity contribution is 0.0311. The second kappa shape index (κ2) is 7.75. The summed E-state index contributed by atoms with van der Waals surface area (Å²) in [5.41, 5.74) is 1.15. The first-order valence-electron chi connectivity index (χ1n) is 7.95. The largest absolute Gasteiger partial charge is 0.393 e. The first kappa shape index (κ1) is 15.5. The number of nitrogens with zero attached hydrogens (tertiary/aromatic N) is 2. The van der Waals surface area contributed by atoms with Crippen molar-refractivity contribution in [1.82, 2.24) is 9.88 Å². The van der Waals surface area contributed by atoms with Crippen LogP contribution >= 0.6 is 0 Å². The summed E-state index contributed by atoms with van der Waals surface area (Å²) in [6.07, 6.45) is 7.36. The number of likely N-dealkylation sites (N-methyl/N-ethyl adjacent to an activating group) is 1. The monoisotopic (exact) mass is 276 g/mol. The number of rotatable bonds is 6. The molecule has 0 saturated heterocycles. The van der Waals surface area contributed by atoms with E-state index in [0.717, 1.165) is 37.5 Å². The van der Waals surface area contributed by atoms with Crippen LogP contribution in [0.4, 0.5) is 0 Å². The fraction of sp³-hybridized carbons (Fsp3) is 0.706. The van der Waals surface area contributed by atoms with E-state index in [1.807, 2.05) is 18.3 Å². The van der Waals surface area contributed by atoms with Gasteiger partial charge in [0.05, 0.1) is 6.10 Å². The molecule has 20 heavy (non-hydrogen) atoms. The standard InChI is InChI=1S/C17H28N2O/c1-3-14-7-8-17(20)15(12-14)13-19(2)11-9-16-6-4-5-10-18-16/h4-6,10,14-15,17,20H,3,7-9,11-13H2,1-2H3. The lowest BCUT2D eigenvalue weighted by Crippen LogP contribution is -2.38. The number of aliphatic hydroxyl groups is 1. The Morgan fingerprint density at radius 2 is 2.20 bits per heavy atom. The number of aromatic nitrogens is 1. The van der Waals surface area contributed by atoms with Crippen LogP contribution in [-0.4, -0.2) is 41.2 Å². The molecular formula is C17H28N2O. The summed E-state index contributed by atoms with van der Waals surface area (Å²) in [6.45, 7) is 4.28. The van der Waals surface area contributed by atoms with Crippen molar-refractivity contribution in [2.75, 3.05) is 20.1 Å². The van der Waals surface area contributed by atoms with Gasteiger partial charge in [-0.3, -0.25) is 4.98 Å². The van der Waals surface area contributed by atoms with Crippen molar-refractivity contribution in [3.05, 3.63) is 30.1 Å². The number of aliphatic hydroxyl groups excluding tert-OH is 1. The minimum Gasteiger partial charge on any atom is -0.393 e. The molecule has 3 nitrogen and oxygen atoms in total. The summed E-state index contributed by atoms with van der Waals surface area (Å²) >= 11 is 0. The van der Waals surface area contributed by atoms with Gasteiger partial charge in [0, 0.05) is 31.4 Å². The van der Waals surface area contributed by atoms with Gasteiger partial charge in [-0.25, -0.2) is 0 Å². The fourth-order valence-corrected chi connectivity index (χ4v) is 3.26. The van der Waals surface area contributed by atoms with Crippen LogP contribution in [0.3, 0.4) is 0 Å². The Morgan fingerprint density at radius 3 is 2.90 bits per heavy atom. The smallest absolute Gasteiger partial charge is 0.0580 e. The molecule has 0 aromatic carbocycles. The highest BCUT2D eigenvalue weighted by Crippen LogP contribution is 2.31. The van der Waals surface area contributed by atoms with Crippen LogP contribution in [0.15, 0.2) is 24.4 Å². The maximum absolute atomic E-state index is 10.2. The molecule has 3 unspecified atom stereocenters. The maximum atomic E-state index is 10.2. The molecule has 3 heteroatoms. The van der Waals surface area contributed by atoms with Crippen molar-refractivity contribution in [2.45, 2.75) is 45.1 Å². The van der Waals surface area contributed by atoms with Gasteiger partial charge < -0.3 is 10.0 Å². The van der Waals surface area contributed by atoms with E-state index < -0.39 is 0 Å². The Morgan fingerprint density at radius 1 is 1.35 bits per heavy atom. The Balaban J connectivity index is 1.77. The van der Waals surface area contributed by atoms with Gasteiger partial charge in [0.1, 0.15) is 0 Å². The van der Waals surface area contributed by atoms with Crippen LogP contribution in [0.2, 0.25) is 0 Å². The normalized spacial score (nSPS) is 26.9. The van der Waals surface area contributed by atoms with Gasteiger partial charge in [-0.2, -0.15) is 0 Å². The number of pyridine rings is 1. The molecule has 1 aromatic rings. The zero-order valence-electron chi connectivity index (χ0n) is 12.8. The quantitative estimate of drug-likeness (QED) is 0.868. The summed E-state index contributed by atoms with van der Waals surface area (Å²) in [4.78, 5) is 6.71. The highest BCUT2D eigenvalue weighted by molar-refractivity contribution is 5.03. The van der Waals surface area contributed by atoms with Crippen molar-refractivity contribution >= 4 is 0 Å². The zero-order chi connectivity index (χ0) is 14.4. The average Bonchev–Trinajstić information content (AvgIpc) is 2.48. The molecular weight excluding hydrogens is 248 g/mol. The highest BCUT2D eigenvalue weighted by Gasteiger charge is 2.28. The van der Waals surface area contributed by atoms with E-state index in [-0.39, 0.29) is 6.10 Å². The third-order valence-electron chi connectivity index (χ3n) is 4.65. The van der Waals surface area contributed by atoms with Crippen molar-refractivity contribution in [3.8, 4) is 0 Å². The molecule has 3 atom stereocenters. The molecule has 0 spiro atoms. The first-order chi connectivity index (χ1) is 9.69. The third kappa shape index (κ3) is 4.57. The molecule has 112 valence electrons. The minimum absolute atomic E-state index is 0.102. The molecule has 1 aliphatic carbocycles. The van der Waals surface area contributed by atoms with Crippen LogP contribution in [0.1, 0.15) is 38.3 Å². The van der Waals surface area contributed by atoms with Crippen LogP contribution in [-0.2, 0) is 6.42 Å². The molecule has 0 bridgehead atoms. The molecule has 0 aliphatic heterocycles. The predicted molar refractivity (Wildman–Crippen MR) is 82.6 cm³/mol. The van der Waals surface area contributed by atoms with Gasteiger partial charge in [0.2, 0.25) is 0 Å². The summed E-state index contributed by atoms with van der Waals surface area (Å²) in [5, 5.41) is 10.2. The molecule has 1 N–H and O–H groups in total. The first-order valence-corrected chi connectivity index (χ1v) is 7.95. The minimum atomic E-state index is -0.102. The van der Waals surface area contributed by atoms with Crippen molar-refractivity contribution in [2.24, 2.45) is 11.8 Å². The molecule has 1 saturated carbocycles. The summed E-state index contributed by atoms with van der Waals surface area (Å²) in [7, 11) is 2.16. The van der Waals surface area contributed by atoms with E-state index in [4.69, 9.17) is 0 Å². The second-order valence-corrected chi connectivity index (χ2v) is 6.25. The maximum Gasteiger partial charge on any atom is 0.0580 e. The Labute approximate surface area is 123 Å². The number of hydrogen-bond donors (Lipinski definition) is 1. The Kier molecular flexibility index (Phi) is 5.99. The summed E-state index contributed by atoms with van der Waals surface area (Å²) in [6, 6.07) is 6.08. The van der Waals surface area contributed by atoms with E-state index in [1.165, 1.54) is 19.3 Å². The van der Waals surface area contributed by atoms with Crippen molar-refractivity contribution < 1.29 is 5.11 Å². The topological polar surface area (TPSA) is 36.4 Å². The fourth-order valence-electron chi connectivity index (χ4n) is 3.26. The third-order valence-corrected chi connectivity index (χ3v) is 4.65. The van der Waals surface area contributed by atoms with Crippen LogP contribution in [0.25, 0.3) is 0 Å². The SMILES string of the molecule is CCC1CCC(O)C(CN(C)CCc2ccccn2)C1. The highest BCUT2D eigenvalue weighted by atomic mass is 16.3. The molecule has 1 aliphatic rings. The molecule has 0 radical (unpaired) electrons. The lowest BCUT2D eigenvalue weighted by Gasteiger charge is -2.35. The molecule has 1 fully saturated rings. The Bertz CT molecular complexity index is 382. The van der Waals surface area contributed by atoms with Gasteiger partial charge in [0.15, 0.2) is 0 Å². The summed E-state index contributed by atoms with van der Waals surface area (Å²) < 4.78 is 0. The van der Waals surface area contributed by atoms with Gasteiger partial charge in [0.25, 0.3) is 0 Å². The van der Waals surface area contributed by atoms with Crippen LogP contribution < -0.4 is 0 Å². The van der Waals surface area contributed by atoms with E-state index in [1.54, 1.807) is 0 Å². The lowest BCUT2D eigenvalue weighted by atomic mass is 9.78. The van der Waals surface area contributed by atoms with Crippen LogP contribution in [0, 0.1) is 11.8 Å². The van der Waals surface area contributed by atoms with Crippen molar-refractivity contribution in [3.63, 3.8) is 0 Å². The van der Waals surface area contributed by atoms with E-state index >= 15 is 0 Å². The van der Waals surface area contributed by atoms with E-state index in [0.29, 0.717) is 5.92 Å². The van der Waals surface area contributed by atoms with Gasteiger partial charge in [-0.05, 0) is 50.3 Å². The Hall–Kier alpha value is -0.930. The molecule has 1 aromatic heterocycles. The second-order valence-electron chi connectivity index (χ2n) is 6.25. The van der Waals surface area contributed by atoms with Crippen LogP contribution in [0.5, 0.6) is 0 Å². The van der Waals surface area contributed by atoms with Gasteiger partial charge in [-0.1, -0.05) is 19.4 Å². The zero-order valence-corrected chi connectivity index (χ0v) is 12.8. The van der Waals surface area contributed by atoms with Crippen molar-refractivity contribution in [1.29, 1.82) is 0 Å². The number of hydrogen-bond acceptors (Lipinski definition) is 3. The van der Waals surface area contributed by atoms with E-state index in [2.05, 4.69) is 29.9 Å². The predicted octanol–water partition coefficient (Wildman–Crippen LogP) is 2.74. The summed E-state index contributed by atoms with van der Waals surface area (Å²) in [5.74, 6) is 1.26. The molecule has 0 amide bonds. The molecule has 1 heterocycles. The molecule has 2 rings (SSSR count). The van der Waals surface area contributed by atoms with Gasteiger partial charge in [-0.15, -0.1) is 0 Å². The van der Waals surface area contributed by atoms with E-state index in [9.17, 15) is 5.11 Å². The van der Waals surface area contributed by atoms with Gasteiger partial charge >= 0.3 is 0 Å². The average molecular weight is 276 g/mol.